The van der Waals surface area contributed by atoms with Crippen LogP contribution in [-0.4, -0.2) is 77.0 Å². The van der Waals surface area contributed by atoms with Gasteiger partial charge in [0.15, 0.2) is 24.4 Å². The van der Waals surface area contributed by atoms with E-state index >= 15 is 0 Å². The lowest BCUT2D eigenvalue weighted by Gasteiger charge is -2.37. The van der Waals surface area contributed by atoms with Crippen molar-refractivity contribution in [1.29, 1.82) is 0 Å². The highest BCUT2D eigenvalue weighted by atomic mass is 32.2. The summed E-state index contributed by atoms with van der Waals surface area (Å²) in [6.07, 6.45) is -5.14. The van der Waals surface area contributed by atoms with Crippen molar-refractivity contribution in [3.8, 4) is 0 Å². The fraction of sp³-hybridized carbons (Fsp3) is 0.750. The molecule has 0 heterocycles. The Morgan fingerprint density at radius 1 is 0.594 bits per heavy atom. The molecule has 0 aliphatic heterocycles. The quantitative estimate of drug-likeness (QED) is 0.198. The highest BCUT2D eigenvalue weighted by Crippen LogP contribution is 2.33. The van der Waals surface area contributed by atoms with E-state index in [0.717, 1.165) is 27.7 Å². The van der Waals surface area contributed by atoms with Gasteiger partial charge in [0.2, 0.25) is 0 Å². The molecule has 184 valence electrons. The number of carbonyl (C=O) groups excluding carboxylic acids is 5. The van der Waals surface area contributed by atoms with Gasteiger partial charge in [0, 0.05) is 34.6 Å². The molecule has 0 aromatic carbocycles. The Morgan fingerprint density at radius 3 is 1.38 bits per heavy atom. The summed E-state index contributed by atoms with van der Waals surface area (Å²) in [5.41, 5.74) is 0. The molecule has 0 aromatic heterocycles. The molecule has 4 atom stereocenters. The Morgan fingerprint density at radius 2 is 1.00 bits per heavy atom. The number of carbonyl (C=O) groups is 5. The lowest BCUT2D eigenvalue weighted by molar-refractivity contribution is -0.201. The van der Waals surface area contributed by atoms with Crippen LogP contribution in [-0.2, 0) is 47.7 Å². The van der Waals surface area contributed by atoms with Gasteiger partial charge in [0.25, 0.3) is 0 Å². The standard InChI is InChI=1S/C20H32O10S2/c1-8-31-20(32-9-2)19(30-15(7)25)18(29-14(6)24)17(28-13(5)23)16(27-12(4)22)10-26-11(3)21/h16-20H,8-10H2,1-7H3/t16-,17-,18+,19+/m1/s1. The first-order chi connectivity index (χ1) is 14.9. The van der Waals surface area contributed by atoms with Crippen molar-refractivity contribution < 1.29 is 47.7 Å². The monoisotopic (exact) mass is 496 g/mol. The van der Waals surface area contributed by atoms with Crippen molar-refractivity contribution in [1.82, 2.24) is 0 Å². The number of rotatable bonds is 14. The summed E-state index contributed by atoms with van der Waals surface area (Å²) in [5.74, 6) is -2.24. The summed E-state index contributed by atoms with van der Waals surface area (Å²) >= 11 is 2.89. The minimum atomic E-state index is -1.42. The first-order valence-electron chi connectivity index (χ1n) is 9.98. The third-order valence-corrected chi connectivity index (χ3v) is 6.30. The summed E-state index contributed by atoms with van der Waals surface area (Å²) in [6.45, 7) is 9.09. The van der Waals surface area contributed by atoms with E-state index < -0.39 is 65.5 Å². The average Bonchev–Trinajstić information content (AvgIpc) is 2.65. The van der Waals surface area contributed by atoms with E-state index in [0.29, 0.717) is 11.5 Å². The molecule has 0 radical (unpaired) electrons. The first kappa shape index (κ1) is 30.0. The highest BCUT2D eigenvalue weighted by molar-refractivity contribution is 8.17. The number of ether oxygens (including phenoxy) is 5. The summed E-state index contributed by atoms with van der Waals surface area (Å²) < 4.78 is 26.2. The van der Waals surface area contributed by atoms with Gasteiger partial charge in [-0.2, -0.15) is 0 Å². The van der Waals surface area contributed by atoms with Gasteiger partial charge in [-0.25, -0.2) is 0 Å². The largest absolute Gasteiger partial charge is 0.462 e. The van der Waals surface area contributed by atoms with E-state index in [1.54, 1.807) is 0 Å². The molecule has 0 saturated carbocycles. The van der Waals surface area contributed by atoms with E-state index in [2.05, 4.69) is 0 Å². The van der Waals surface area contributed by atoms with Gasteiger partial charge < -0.3 is 23.7 Å². The maximum absolute atomic E-state index is 12.0. The second kappa shape index (κ2) is 15.8. The van der Waals surface area contributed by atoms with Crippen molar-refractivity contribution in [3.05, 3.63) is 0 Å². The van der Waals surface area contributed by atoms with Crippen molar-refractivity contribution in [2.24, 2.45) is 0 Å². The molecule has 0 amide bonds. The fourth-order valence-electron chi connectivity index (χ4n) is 2.70. The number of esters is 5. The Balaban J connectivity index is 6.51. The molecule has 0 saturated heterocycles. The second-order valence-corrected chi connectivity index (χ2v) is 9.59. The van der Waals surface area contributed by atoms with Gasteiger partial charge in [0.05, 0.1) is 4.58 Å². The molecule has 0 bridgehead atoms. The molecular formula is C20H32O10S2. The minimum Gasteiger partial charge on any atom is -0.462 e. The van der Waals surface area contributed by atoms with Gasteiger partial charge in [-0.15, -0.1) is 23.5 Å². The van der Waals surface area contributed by atoms with Crippen LogP contribution in [0, 0.1) is 0 Å². The van der Waals surface area contributed by atoms with Crippen LogP contribution in [0.15, 0.2) is 0 Å². The SMILES string of the molecule is CCSC(SCC)[C@@H](OC(C)=O)[C@@H](OC(C)=O)[C@H](OC(C)=O)[C@@H](COC(C)=O)OC(C)=O. The predicted molar refractivity (Wildman–Crippen MR) is 119 cm³/mol. The number of thioether (sulfide) groups is 2. The summed E-state index contributed by atoms with van der Waals surface area (Å²) in [4.78, 5) is 58.9. The van der Waals surface area contributed by atoms with Crippen LogP contribution in [0.5, 0.6) is 0 Å². The normalized spacial score (nSPS) is 14.5. The lowest BCUT2D eigenvalue weighted by Crippen LogP contribution is -2.55. The summed E-state index contributed by atoms with van der Waals surface area (Å²) in [5, 5.41) is 0. The molecule has 0 rings (SSSR count). The van der Waals surface area contributed by atoms with Crippen LogP contribution in [0.1, 0.15) is 48.5 Å². The van der Waals surface area contributed by atoms with Gasteiger partial charge in [0.1, 0.15) is 6.61 Å². The second-order valence-electron chi connectivity index (χ2n) is 6.45. The Hall–Kier alpha value is -1.95. The number of hydrogen-bond donors (Lipinski definition) is 0. The third-order valence-electron chi connectivity index (χ3n) is 3.62. The minimum absolute atomic E-state index is 0.400. The van der Waals surface area contributed by atoms with E-state index in [1.807, 2.05) is 13.8 Å². The van der Waals surface area contributed by atoms with Crippen molar-refractivity contribution in [2.45, 2.75) is 77.5 Å². The van der Waals surface area contributed by atoms with Crippen LogP contribution in [0.25, 0.3) is 0 Å². The molecular weight excluding hydrogens is 464 g/mol. The van der Waals surface area contributed by atoms with Gasteiger partial charge in [-0.3, -0.25) is 24.0 Å². The topological polar surface area (TPSA) is 132 Å². The summed E-state index contributed by atoms with van der Waals surface area (Å²) in [7, 11) is 0. The van der Waals surface area contributed by atoms with Crippen molar-refractivity contribution >= 4 is 53.4 Å². The third kappa shape index (κ3) is 12.2. The fourth-order valence-corrected chi connectivity index (χ4v) is 5.36. The molecule has 10 nitrogen and oxygen atoms in total. The molecule has 0 spiro atoms. The van der Waals surface area contributed by atoms with Crippen LogP contribution < -0.4 is 0 Å². The first-order valence-corrected chi connectivity index (χ1v) is 12.1. The maximum atomic E-state index is 12.0. The van der Waals surface area contributed by atoms with Gasteiger partial charge in [-0.05, 0) is 11.5 Å². The van der Waals surface area contributed by atoms with Crippen LogP contribution in [0.4, 0.5) is 0 Å². The average molecular weight is 497 g/mol. The van der Waals surface area contributed by atoms with Crippen molar-refractivity contribution in [3.63, 3.8) is 0 Å². The van der Waals surface area contributed by atoms with Crippen LogP contribution in [0.3, 0.4) is 0 Å². The highest BCUT2D eigenvalue weighted by Gasteiger charge is 2.46. The van der Waals surface area contributed by atoms with Gasteiger partial charge >= 0.3 is 29.8 Å². The molecule has 0 unspecified atom stereocenters. The smallest absolute Gasteiger partial charge is 0.303 e. The van der Waals surface area contributed by atoms with Crippen molar-refractivity contribution in [2.75, 3.05) is 18.1 Å². The number of hydrogen-bond acceptors (Lipinski definition) is 12. The van der Waals surface area contributed by atoms with Gasteiger partial charge in [-0.1, -0.05) is 13.8 Å². The Kier molecular flexibility index (Phi) is 14.8. The molecule has 0 fully saturated rings. The zero-order valence-electron chi connectivity index (χ0n) is 19.4. The van der Waals surface area contributed by atoms with Crippen LogP contribution >= 0.6 is 23.5 Å². The van der Waals surface area contributed by atoms with E-state index in [9.17, 15) is 24.0 Å². The Labute approximate surface area is 196 Å². The molecule has 32 heavy (non-hydrogen) atoms. The zero-order valence-corrected chi connectivity index (χ0v) is 21.0. The summed E-state index contributed by atoms with van der Waals surface area (Å²) in [6, 6.07) is 0. The molecule has 0 aliphatic rings. The lowest BCUT2D eigenvalue weighted by atomic mass is 10.0. The van der Waals surface area contributed by atoms with E-state index in [1.165, 1.54) is 30.4 Å². The molecule has 0 N–H and O–H groups in total. The molecule has 0 aliphatic carbocycles. The maximum Gasteiger partial charge on any atom is 0.303 e. The zero-order chi connectivity index (χ0) is 24.8. The molecule has 12 heteroatoms. The van der Waals surface area contributed by atoms with Crippen LogP contribution in [0.2, 0.25) is 0 Å². The Bertz CT molecular complexity index is 648. The van der Waals surface area contributed by atoms with E-state index in [4.69, 9.17) is 23.7 Å². The van der Waals surface area contributed by atoms with E-state index in [-0.39, 0.29) is 0 Å². The molecule has 0 aromatic rings. The predicted octanol–water partition coefficient (Wildman–Crippen LogP) is 2.11.